The number of nitrogens with zero attached hydrogens (tertiary/aromatic N) is 2. The van der Waals surface area contributed by atoms with Gasteiger partial charge in [0.25, 0.3) is 0 Å². The lowest BCUT2D eigenvalue weighted by molar-refractivity contribution is -0.128. The second-order valence-electron chi connectivity index (χ2n) is 3.14. The maximum atomic E-state index is 11.1. The molecule has 0 saturated carbocycles. The van der Waals surface area contributed by atoms with Gasteiger partial charge in [0, 0.05) is 12.1 Å². The number of aryl methyl sites for hydroxylation is 1. The molecule has 0 heterocycles. The van der Waals surface area contributed by atoms with Gasteiger partial charge in [-0.1, -0.05) is 6.58 Å². The first-order chi connectivity index (χ1) is 8.62. The van der Waals surface area contributed by atoms with E-state index in [2.05, 4.69) is 16.6 Å². The van der Waals surface area contributed by atoms with Crippen molar-refractivity contribution in [3.05, 3.63) is 30.4 Å². The van der Waals surface area contributed by atoms with Crippen molar-refractivity contribution in [1.29, 1.82) is 0 Å². The van der Waals surface area contributed by atoms with E-state index in [-0.39, 0.29) is 17.1 Å². The topological polar surface area (TPSA) is 85.2 Å². The third kappa shape index (κ3) is 3.09. The summed E-state index contributed by atoms with van der Waals surface area (Å²) in [5.74, 6) is -0.721. The van der Waals surface area contributed by atoms with E-state index in [0.717, 1.165) is 6.08 Å². The molecule has 1 aromatic carbocycles. The van der Waals surface area contributed by atoms with Gasteiger partial charge in [0.1, 0.15) is 5.69 Å². The lowest BCUT2D eigenvalue weighted by atomic mass is 10.1. The van der Waals surface area contributed by atoms with Crippen LogP contribution in [0, 0.1) is 6.92 Å². The molecule has 0 amide bonds. The fourth-order valence-corrected chi connectivity index (χ4v) is 1.26. The molecule has 0 N–H and O–H groups in total. The molecule has 0 saturated heterocycles. The first kappa shape index (κ1) is 13.3. The van der Waals surface area contributed by atoms with Crippen molar-refractivity contribution in [2.75, 3.05) is 0 Å². The molecular weight excluding hydrogens is 236 g/mol. The molecule has 6 nitrogen and oxygen atoms in total. The summed E-state index contributed by atoms with van der Waals surface area (Å²) in [5.41, 5.74) is 0.881. The minimum atomic E-state index is -0.719. The molecule has 0 fully saturated rings. The van der Waals surface area contributed by atoms with Gasteiger partial charge in [-0.05, 0) is 18.6 Å². The van der Waals surface area contributed by atoms with Crippen LogP contribution in [0.4, 0.5) is 11.4 Å². The largest absolute Gasteiger partial charge is 0.421 e. The maximum absolute atomic E-state index is 11.1. The highest BCUT2D eigenvalue weighted by Crippen LogP contribution is 2.35. The third-order valence-electron chi connectivity index (χ3n) is 1.96. The summed E-state index contributed by atoms with van der Waals surface area (Å²) in [6.07, 6.45) is 3.68. The Morgan fingerprint density at radius 1 is 1.33 bits per heavy atom. The Kier molecular flexibility index (Phi) is 4.46. The number of esters is 1. The van der Waals surface area contributed by atoms with Gasteiger partial charge in [0.05, 0.1) is 5.69 Å². The molecule has 0 aliphatic carbocycles. The maximum Gasteiger partial charge on any atom is 0.335 e. The predicted molar refractivity (Wildman–Crippen MR) is 62.6 cm³/mol. The van der Waals surface area contributed by atoms with Crippen molar-refractivity contribution >= 4 is 29.5 Å². The molecule has 1 aromatic rings. The SMILES string of the molecule is C=CC(=O)Oc1cc(N=C=O)cc(C)c1N=C=O. The highest BCUT2D eigenvalue weighted by molar-refractivity contribution is 5.85. The fraction of sp³-hybridized carbons (Fsp3) is 0.0833. The van der Waals surface area contributed by atoms with E-state index in [4.69, 9.17) is 4.74 Å². The summed E-state index contributed by atoms with van der Waals surface area (Å²) in [6, 6.07) is 2.78. The Balaban J connectivity index is 3.40. The Hall–Kier alpha value is -2.81. The average Bonchev–Trinajstić information content (AvgIpc) is 2.34. The molecule has 18 heavy (non-hydrogen) atoms. The van der Waals surface area contributed by atoms with Gasteiger partial charge in [-0.15, -0.1) is 0 Å². The fourth-order valence-electron chi connectivity index (χ4n) is 1.26. The quantitative estimate of drug-likeness (QED) is 0.266. The number of carbonyl (C=O) groups excluding carboxylic acids is 3. The Labute approximate surface area is 102 Å². The molecule has 0 aliphatic heterocycles. The van der Waals surface area contributed by atoms with Crippen LogP contribution < -0.4 is 4.74 Å². The van der Waals surface area contributed by atoms with Crippen LogP contribution in [0.2, 0.25) is 0 Å². The minimum Gasteiger partial charge on any atom is -0.421 e. The zero-order valence-corrected chi connectivity index (χ0v) is 9.47. The van der Waals surface area contributed by atoms with E-state index < -0.39 is 5.97 Å². The van der Waals surface area contributed by atoms with Crippen LogP contribution in [-0.4, -0.2) is 18.1 Å². The number of ether oxygens (including phenoxy) is 1. The van der Waals surface area contributed by atoms with E-state index in [1.165, 1.54) is 24.3 Å². The van der Waals surface area contributed by atoms with Crippen LogP contribution in [0.5, 0.6) is 5.75 Å². The summed E-state index contributed by atoms with van der Waals surface area (Å²) in [4.78, 5) is 38.5. The van der Waals surface area contributed by atoms with E-state index in [9.17, 15) is 14.4 Å². The van der Waals surface area contributed by atoms with Gasteiger partial charge in [-0.3, -0.25) is 0 Å². The molecule has 0 aliphatic rings. The van der Waals surface area contributed by atoms with Crippen LogP contribution in [0.15, 0.2) is 34.8 Å². The van der Waals surface area contributed by atoms with Crippen LogP contribution in [-0.2, 0) is 14.4 Å². The minimum absolute atomic E-state index is 0.00255. The van der Waals surface area contributed by atoms with E-state index in [1.807, 2.05) is 0 Å². The van der Waals surface area contributed by atoms with E-state index in [0.29, 0.717) is 5.56 Å². The van der Waals surface area contributed by atoms with Crippen molar-refractivity contribution in [2.45, 2.75) is 6.92 Å². The molecule has 0 aromatic heterocycles. The van der Waals surface area contributed by atoms with Crippen LogP contribution in [0.25, 0.3) is 0 Å². The second-order valence-corrected chi connectivity index (χ2v) is 3.14. The number of hydrogen-bond donors (Lipinski definition) is 0. The van der Waals surface area contributed by atoms with Crippen molar-refractivity contribution in [1.82, 2.24) is 0 Å². The molecule has 90 valence electrons. The van der Waals surface area contributed by atoms with Crippen molar-refractivity contribution in [3.8, 4) is 5.75 Å². The Morgan fingerprint density at radius 3 is 2.56 bits per heavy atom. The Bertz CT molecular complexity index is 594. The molecular formula is C12H8N2O4. The summed E-state index contributed by atoms with van der Waals surface area (Å²) in [6.45, 7) is 4.86. The Morgan fingerprint density at radius 2 is 2.00 bits per heavy atom. The molecule has 0 unspecified atom stereocenters. The molecule has 6 heteroatoms. The highest BCUT2D eigenvalue weighted by atomic mass is 16.5. The van der Waals surface area contributed by atoms with Gasteiger partial charge < -0.3 is 4.74 Å². The lowest BCUT2D eigenvalue weighted by Crippen LogP contribution is -2.03. The number of carbonyl (C=O) groups is 1. The van der Waals surface area contributed by atoms with Crippen molar-refractivity contribution in [3.63, 3.8) is 0 Å². The van der Waals surface area contributed by atoms with Crippen molar-refractivity contribution < 1.29 is 19.1 Å². The molecule has 0 atom stereocenters. The van der Waals surface area contributed by atoms with Crippen molar-refractivity contribution in [2.24, 2.45) is 9.98 Å². The lowest BCUT2D eigenvalue weighted by Gasteiger charge is -2.07. The number of rotatable bonds is 4. The number of hydrogen-bond acceptors (Lipinski definition) is 6. The van der Waals surface area contributed by atoms with E-state index in [1.54, 1.807) is 6.92 Å². The standard InChI is InChI=1S/C12H8N2O4/c1-3-11(17)18-10-5-9(13-6-15)4-8(2)12(10)14-7-16/h3-5H,1H2,2H3. The highest BCUT2D eigenvalue weighted by Gasteiger charge is 2.11. The number of aliphatic imine (C=N–C) groups is 2. The van der Waals surface area contributed by atoms with Crippen LogP contribution in [0.3, 0.4) is 0 Å². The molecule has 1 rings (SSSR count). The first-order valence-electron chi connectivity index (χ1n) is 4.77. The van der Waals surface area contributed by atoms with Gasteiger partial charge in [-0.25, -0.2) is 14.4 Å². The molecule has 0 radical (unpaired) electrons. The van der Waals surface area contributed by atoms with Gasteiger partial charge in [0.15, 0.2) is 5.75 Å². The predicted octanol–water partition coefficient (Wildman–Crippen LogP) is 2.02. The van der Waals surface area contributed by atoms with Crippen LogP contribution in [0.1, 0.15) is 5.56 Å². The van der Waals surface area contributed by atoms with Gasteiger partial charge >= 0.3 is 5.97 Å². The molecule has 0 bridgehead atoms. The smallest absolute Gasteiger partial charge is 0.335 e. The monoisotopic (exact) mass is 244 g/mol. The third-order valence-corrected chi connectivity index (χ3v) is 1.96. The van der Waals surface area contributed by atoms with Gasteiger partial charge in [0.2, 0.25) is 12.2 Å². The summed E-state index contributed by atoms with van der Waals surface area (Å²) in [5, 5.41) is 0. The number of isocyanates is 2. The van der Waals surface area contributed by atoms with Gasteiger partial charge in [-0.2, -0.15) is 9.98 Å². The second kappa shape index (κ2) is 6.06. The molecule has 0 spiro atoms. The van der Waals surface area contributed by atoms with Crippen LogP contribution >= 0.6 is 0 Å². The average molecular weight is 244 g/mol. The summed E-state index contributed by atoms with van der Waals surface area (Å²) in [7, 11) is 0. The van der Waals surface area contributed by atoms with E-state index >= 15 is 0 Å². The first-order valence-corrected chi connectivity index (χ1v) is 4.77. The number of benzene rings is 1. The summed E-state index contributed by atoms with van der Waals surface area (Å²) >= 11 is 0. The normalized spacial score (nSPS) is 8.72. The summed E-state index contributed by atoms with van der Waals surface area (Å²) < 4.78 is 4.90. The zero-order chi connectivity index (χ0) is 13.5. The zero-order valence-electron chi connectivity index (χ0n) is 9.47.